The molecule has 0 amide bonds. The topological polar surface area (TPSA) is 54.4 Å². The summed E-state index contributed by atoms with van der Waals surface area (Å²) in [6.07, 6.45) is 19.0. The highest BCUT2D eigenvalue weighted by atomic mass is 16.4. The average Bonchev–Trinajstić information content (AvgIpc) is 2.47. The van der Waals surface area contributed by atoms with Crippen molar-refractivity contribution >= 4 is 11.8 Å². The van der Waals surface area contributed by atoms with Crippen LogP contribution in [0.2, 0.25) is 0 Å². The van der Waals surface area contributed by atoms with E-state index in [2.05, 4.69) is 19.1 Å². The van der Waals surface area contributed by atoms with E-state index in [0.29, 0.717) is 6.42 Å². The normalized spacial score (nSPS) is 11.1. The van der Waals surface area contributed by atoms with E-state index in [-0.39, 0.29) is 6.42 Å². The van der Waals surface area contributed by atoms with Gasteiger partial charge in [0.1, 0.15) is 0 Å². The van der Waals surface area contributed by atoms with Crippen LogP contribution in [0, 0.1) is 0 Å². The number of carboxylic acids is 1. The van der Waals surface area contributed by atoms with E-state index in [0.717, 1.165) is 12.8 Å². The van der Waals surface area contributed by atoms with E-state index in [4.69, 9.17) is 5.11 Å². The molecule has 3 nitrogen and oxygen atoms in total. The third kappa shape index (κ3) is 15.1. The molecule has 0 saturated heterocycles. The first-order chi connectivity index (χ1) is 10.2. The lowest BCUT2D eigenvalue weighted by Crippen LogP contribution is -2.11. The Labute approximate surface area is 129 Å². The fourth-order valence-corrected chi connectivity index (χ4v) is 2.29. The van der Waals surface area contributed by atoms with Gasteiger partial charge in [0.25, 0.3) is 0 Å². The number of rotatable bonds is 15. The van der Waals surface area contributed by atoms with Crippen molar-refractivity contribution in [1.82, 2.24) is 0 Å². The van der Waals surface area contributed by atoms with Crippen molar-refractivity contribution in [1.29, 1.82) is 0 Å². The number of hydrogen-bond donors (Lipinski definition) is 1. The molecule has 0 aromatic heterocycles. The lowest BCUT2D eigenvalue weighted by molar-refractivity contribution is -0.149. The Morgan fingerprint density at radius 3 is 1.76 bits per heavy atom. The van der Waals surface area contributed by atoms with Crippen molar-refractivity contribution in [2.75, 3.05) is 0 Å². The molecule has 0 unspecified atom stereocenters. The molecule has 1 N–H and O–H groups in total. The molecule has 0 aromatic rings. The summed E-state index contributed by atoms with van der Waals surface area (Å²) >= 11 is 0. The van der Waals surface area contributed by atoms with Gasteiger partial charge in [0.15, 0.2) is 0 Å². The van der Waals surface area contributed by atoms with Gasteiger partial charge in [-0.3, -0.25) is 4.79 Å². The van der Waals surface area contributed by atoms with Crippen LogP contribution in [-0.2, 0) is 9.59 Å². The van der Waals surface area contributed by atoms with E-state index in [1.165, 1.54) is 57.8 Å². The van der Waals surface area contributed by atoms with Crippen molar-refractivity contribution in [3.63, 3.8) is 0 Å². The van der Waals surface area contributed by atoms with E-state index in [9.17, 15) is 9.59 Å². The minimum Gasteiger partial charge on any atom is -0.476 e. The van der Waals surface area contributed by atoms with Gasteiger partial charge in [-0.2, -0.15) is 0 Å². The zero-order valence-corrected chi connectivity index (χ0v) is 13.6. The summed E-state index contributed by atoms with van der Waals surface area (Å²) < 4.78 is 0. The van der Waals surface area contributed by atoms with E-state index in [1.54, 1.807) is 0 Å². The summed E-state index contributed by atoms with van der Waals surface area (Å²) in [4.78, 5) is 21.2. The molecule has 21 heavy (non-hydrogen) atoms. The highest BCUT2D eigenvalue weighted by Crippen LogP contribution is 2.10. The third-order valence-electron chi connectivity index (χ3n) is 3.65. The molecule has 0 fully saturated rings. The minimum absolute atomic E-state index is 0.191. The van der Waals surface area contributed by atoms with Gasteiger partial charge in [0.05, 0.1) is 0 Å². The predicted molar refractivity (Wildman–Crippen MR) is 87.5 cm³/mol. The first-order valence-electron chi connectivity index (χ1n) is 8.59. The second-order valence-corrected chi connectivity index (χ2v) is 5.71. The standard InChI is InChI=1S/C18H32O3/c1-2-3-4-5-6-7-8-9-10-11-12-13-14-15-16-17(19)18(20)21/h7-8H,2-6,9-16H2,1H3,(H,20,21)/b8-7+. The van der Waals surface area contributed by atoms with Gasteiger partial charge < -0.3 is 5.11 Å². The highest BCUT2D eigenvalue weighted by molar-refractivity contribution is 6.32. The second kappa shape index (κ2) is 15.3. The van der Waals surface area contributed by atoms with Crippen LogP contribution in [0.3, 0.4) is 0 Å². The SMILES string of the molecule is CCCCCC/C=C/CCCCCCCCC(=O)C(=O)O. The predicted octanol–water partition coefficient (Wildman–Crippen LogP) is 5.29. The first kappa shape index (κ1) is 19.9. The molecule has 122 valence electrons. The van der Waals surface area contributed by atoms with Crippen LogP contribution in [0.25, 0.3) is 0 Å². The van der Waals surface area contributed by atoms with Crippen LogP contribution < -0.4 is 0 Å². The van der Waals surface area contributed by atoms with Gasteiger partial charge in [-0.1, -0.05) is 64.0 Å². The molecule has 0 rings (SSSR count). The van der Waals surface area contributed by atoms with Gasteiger partial charge in [-0.05, 0) is 32.1 Å². The summed E-state index contributed by atoms with van der Waals surface area (Å²) in [6.45, 7) is 2.24. The Hall–Kier alpha value is -1.12. The van der Waals surface area contributed by atoms with Crippen LogP contribution >= 0.6 is 0 Å². The monoisotopic (exact) mass is 296 g/mol. The van der Waals surface area contributed by atoms with Crippen LogP contribution in [0.5, 0.6) is 0 Å². The summed E-state index contributed by atoms with van der Waals surface area (Å²) in [5, 5.41) is 8.43. The molecule has 0 radical (unpaired) electrons. The minimum atomic E-state index is -1.29. The number of carboxylic acid groups (broad SMARTS) is 1. The van der Waals surface area contributed by atoms with Gasteiger partial charge in [-0.25, -0.2) is 4.79 Å². The number of unbranched alkanes of at least 4 members (excludes halogenated alkanes) is 10. The molecule has 3 heteroatoms. The number of aliphatic carboxylic acids is 1. The van der Waals surface area contributed by atoms with Gasteiger partial charge in [0, 0.05) is 6.42 Å². The number of Topliss-reactive ketones (excluding diaryl/α,β-unsaturated/α-hetero) is 1. The number of allylic oxidation sites excluding steroid dienone is 2. The fraction of sp³-hybridized carbons (Fsp3) is 0.778. The maximum absolute atomic E-state index is 10.9. The Kier molecular flexibility index (Phi) is 14.5. The van der Waals surface area contributed by atoms with Crippen molar-refractivity contribution in [2.45, 2.75) is 90.4 Å². The molecule has 0 aliphatic rings. The van der Waals surface area contributed by atoms with Crippen LogP contribution in [-0.4, -0.2) is 16.9 Å². The second-order valence-electron chi connectivity index (χ2n) is 5.71. The lowest BCUT2D eigenvalue weighted by atomic mass is 10.1. The van der Waals surface area contributed by atoms with Gasteiger partial charge in [-0.15, -0.1) is 0 Å². The van der Waals surface area contributed by atoms with Crippen LogP contribution in [0.4, 0.5) is 0 Å². The highest BCUT2D eigenvalue weighted by Gasteiger charge is 2.09. The molecule has 0 aliphatic carbocycles. The summed E-state index contributed by atoms with van der Waals surface area (Å²) in [5.41, 5.74) is 0. The number of hydrogen-bond acceptors (Lipinski definition) is 2. The summed E-state index contributed by atoms with van der Waals surface area (Å²) in [6, 6.07) is 0. The molecule has 0 spiro atoms. The van der Waals surface area contributed by atoms with Gasteiger partial charge in [0.2, 0.25) is 5.78 Å². The zero-order valence-electron chi connectivity index (χ0n) is 13.6. The molecular formula is C18H32O3. The van der Waals surface area contributed by atoms with Crippen LogP contribution in [0.15, 0.2) is 12.2 Å². The van der Waals surface area contributed by atoms with E-state index >= 15 is 0 Å². The molecule has 0 atom stereocenters. The van der Waals surface area contributed by atoms with Crippen molar-refractivity contribution < 1.29 is 14.7 Å². The Morgan fingerprint density at radius 2 is 1.24 bits per heavy atom. The smallest absolute Gasteiger partial charge is 0.372 e. The Bertz CT molecular complexity index is 295. The molecule has 0 aromatic carbocycles. The largest absolute Gasteiger partial charge is 0.476 e. The van der Waals surface area contributed by atoms with E-state index in [1.807, 2.05) is 0 Å². The van der Waals surface area contributed by atoms with Crippen LogP contribution in [0.1, 0.15) is 90.4 Å². The van der Waals surface area contributed by atoms with Gasteiger partial charge >= 0.3 is 5.97 Å². The van der Waals surface area contributed by atoms with Crippen molar-refractivity contribution in [3.05, 3.63) is 12.2 Å². The summed E-state index contributed by atoms with van der Waals surface area (Å²) in [7, 11) is 0. The first-order valence-corrected chi connectivity index (χ1v) is 8.59. The number of carbonyl (C=O) groups is 2. The zero-order chi connectivity index (χ0) is 15.8. The number of carbonyl (C=O) groups excluding carboxylic acids is 1. The van der Waals surface area contributed by atoms with Crippen molar-refractivity contribution in [2.24, 2.45) is 0 Å². The molecule has 0 aliphatic heterocycles. The van der Waals surface area contributed by atoms with E-state index < -0.39 is 11.8 Å². The fourth-order valence-electron chi connectivity index (χ4n) is 2.29. The third-order valence-corrected chi connectivity index (χ3v) is 3.65. The Balaban J connectivity index is 3.17. The number of ketones is 1. The molecule has 0 bridgehead atoms. The maximum Gasteiger partial charge on any atom is 0.372 e. The molecular weight excluding hydrogens is 264 g/mol. The molecule has 0 saturated carbocycles. The van der Waals surface area contributed by atoms with Crippen molar-refractivity contribution in [3.8, 4) is 0 Å². The quantitative estimate of drug-likeness (QED) is 0.254. The summed E-state index contributed by atoms with van der Waals surface area (Å²) in [5.74, 6) is -1.95. The average molecular weight is 296 g/mol. The Morgan fingerprint density at radius 1 is 0.762 bits per heavy atom. The lowest BCUT2D eigenvalue weighted by Gasteiger charge is -2.00. The maximum atomic E-state index is 10.9. The molecule has 0 heterocycles.